The highest BCUT2D eigenvalue weighted by atomic mass is 35.5. The highest BCUT2D eigenvalue weighted by Crippen LogP contribution is 2.29. The van der Waals surface area contributed by atoms with Gasteiger partial charge in [-0.15, -0.1) is 0 Å². The van der Waals surface area contributed by atoms with Crippen LogP contribution in [0.25, 0.3) is 0 Å². The minimum absolute atomic E-state index is 0.0574. The average Bonchev–Trinajstić information content (AvgIpc) is 2.99. The Bertz CT molecular complexity index is 1490. The van der Waals surface area contributed by atoms with Gasteiger partial charge in [-0.1, -0.05) is 86.3 Å². The molecule has 1 saturated carbocycles. The minimum atomic E-state index is -4.14. The molecule has 224 valence electrons. The average molecular weight is 610 g/mol. The van der Waals surface area contributed by atoms with Crippen LogP contribution in [0.1, 0.15) is 62.1 Å². The summed E-state index contributed by atoms with van der Waals surface area (Å²) in [5.41, 5.74) is 2.94. The van der Waals surface area contributed by atoms with Crippen molar-refractivity contribution in [3.05, 3.63) is 94.5 Å². The van der Waals surface area contributed by atoms with Crippen molar-refractivity contribution in [2.45, 2.75) is 82.8 Å². The Morgan fingerprint density at radius 2 is 1.60 bits per heavy atom. The van der Waals surface area contributed by atoms with Crippen molar-refractivity contribution in [3.8, 4) is 0 Å². The number of carbonyl (C=O) groups is 2. The Kier molecular flexibility index (Phi) is 10.7. The van der Waals surface area contributed by atoms with Gasteiger partial charge in [0.25, 0.3) is 10.0 Å². The number of amides is 2. The first-order chi connectivity index (χ1) is 20.1. The highest BCUT2D eigenvalue weighted by molar-refractivity contribution is 7.92. The molecule has 4 rings (SSSR count). The summed E-state index contributed by atoms with van der Waals surface area (Å²) in [7, 11) is -4.14. The van der Waals surface area contributed by atoms with Gasteiger partial charge in [0.2, 0.25) is 11.8 Å². The second-order valence-corrected chi connectivity index (χ2v) is 13.2. The van der Waals surface area contributed by atoms with Gasteiger partial charge in [0.05, 0.1) is 10.6 Å². The van der Waals surface area contributed by atoms with Crippen molar-refractivity contribution in [1.29, 1.82) is 0 Å². The Balaban J connectivity index is 1.72. The van der Waals surface area contributed by atoms with Crippen LogP contribution >= 0.6 is 11.6 Å². The highest BCUT2D eigenvalue weighted by Gasteiger charge is 2.34. The molecule has 3 aromatic carbocycles. The first-order valence-corrected chi connectivity index (χ1v) is 16.4. The van der Waals surface area contributed by atoms with Crippen LogP contribution in [0, 0.1) is 13.8 Å². The van der Waals surface area contributed by atoms with Gasteiger partial charge in [0, 0.05) is 17.6 Å². The van der Waals surface area contributed by atoms with E-state index < -0.39 is 28.5 Å². The van der Waals surface area contributed by atoms with Gasteiger partial charge in [0.15, 0.2) is 0 Å². The van der Waals surface area contributed by atoms with Crippen molar-refractivity contribution in [3.63, 3.8) is 0 Å². The zero-order valence-corrected chi connectivity index (χ0v) is 26.1. The van der Waals surface area contributed by atoms with Crippen molar-refractivity contribution in [2.24, 2.45) is 0 Å². The van der Waals surface area contributed by atoms with Crippen LogP contribution in [-0.4, -0.2) is 43.8 Å². The molecule has 0 radical (unpaired) electrons. The van der Waals surface area contributed by atoms with E-state index in [4.69, 9.17) is 11.6 Å². The van der Waals surface area contributed by atoms with Crippen LogP contribution in [0.5, 0.6) is 0 Å². The summed E-state index contributed by atoms with van der Waals surface area (Å²) in [4.78, 5) is 29.5. The number of carbonyl (C=O) groups excluding carboxylic acids is 2. The molecule has 1 fully saturated rings. The molecule has 0 bridgehead atoms. The van der Waals surface area contributed by atoms with E-state index >= 15 is 0 Å². The molecule has 2 amide bonds. The topological polar surface area (TPSA) is 86.8 Å². The molecule has 0 aromatic heterocycles. The molecular formula is C33H40ClN3O4S. The van der Waals surface area contributed by atoms with E-state index in [1.807, 2.05) is 45.0 Å². The molecule has 42 heavy (non-hydrogen) atoms. The summed E-state index contributed by atoms with van der Waals surface area (Å²) in [6.07, 6.45) is 5.53. The number of benzene rings is 3. The first kappa shape index (κ1) is 31.6. The number of nitrogens with one attached hydrogen (secondary N) is 1. The third kappa shape index (κ3) is 7.53. The van der Waals surface area contributed by atoms with Crippen LogP contribution in [0.3, 0.4) is 0 Å². The quantitative estimate of drug-likeness (QED) is 0.272. The van der Waals surface area contributed by atoms with E-state index in [2.05, 4.69) is 5.32 Å². The molecule has 3 aromatic rings. The summed E-state index contributed by atoms with van der Waals surface area (Å²) in [6.45, 7) is 5.35. The SMILES string of the molecule is CC[C@H](C(=O)NC1CCCCC1)N(Cc1ccccc1C)C(=O)CN(c1ccc(C)c(Cl)c1)S(=O)(=O)c1ccccc1. The normalized spacial score (nSPS) is 14.7. The molecule has 1 aliphatic carbocycles. The number of hydrogen-bond donors (Lipinski definition) is 1. The largest absolute Gasteiger partial charge is 0.352 e. The lowest BCUT2D eigenvalue weighted by molar-refractivity contribution is -0.140. The van der Waals surface area contributed by atoms with E-state index in [-0.39, 0.29) is 29.1 Å². The number of sulfonamides is 1. The van der Waals surface area contributed by atoms with Gasteiger partial charge in [-0.3, -0.25) is 13.9 Å². The Labute approximate surface area is 254 Å². The predicted molar refractivity (Wildman–Crippen MR) is 168 cm³/mol. The van der Waals surface area contributed by atoms with Crippen LogP contribution in [0.15, 0.2) is 77.7 Å². The number of anilines is 1. The molecule has 0 aliphatic heterocycles. The Morgan fingerprint density at radius 1 is 0.929 bits per heavy atom. The van der Waals surface area contributed by atoms with E-state index in [9.17, 15) is 18.0 Å². The van der Waals surface area contributed by atoms with E-state index in [1.165, 1.54) is 17.0 Å². The molecule has 1 N–H and O–H groups in total. The smallest absolute Gasteiger partial charge is 0.264 e. The van der Waals surface area contributed by atoms with Crippen molar-refractivity contribution >= 4 is 39.1 Å². The standard InChI is InChI=1S/C33H40ClN3O4S/c1-4-31(33(39)35-27-15-7-5-8-16-27)36(22-26-14-12-11-13-24(26)2)32(38)23-37(28-20-19-25(3)30(34)21-28)42(40,41)29-17-9-6-10-18-29/h6,9-14,17-21,27,31H,4-5,7-8,15-16,22-23H2,1-3H3,(H,35,39)/t31-/m1/s1. The minimum Gasteiger partial charge on any atom is -0.352 e. The predicted octanol–water partition coefficient (Wildman–Crippen LogP) is 6.41. The maximum absolute atomic E-state index is 14.3. The monoisotopic (exact) mass is 609 g/mol. The van der Waals surface area contributed by atoms with Gasteiger partial charge < -0.3 is 10.2 Å². The Morgan fingerprint density at radius 3 is 2.24 bits per heavy atom. The van der Waals surface area contributed by atoms with E-state index in [1.54, 1.807) is 36.4 Å². The molecular weight excluding hydrogens is 570 g/mol. The number of halogens is 1. The van der Waals surface area contributed by atoms with Gasteiger partial charge in [-0.25, -0.2) is 8.42 Å². The summed E-state index contributed by atoms with van der Waals surface area (Å²) >= 11 is 6.42. The summed E-state index contributed by atoms with van der Waals surface area (Å²) in [6, 6.07) is 20.0. The van der Waals surface area contributed by atoms with Gasteiger partial charge in [0.1, 0.15) is 12.6 Å². The van der Waals surface area contributed by atoms with Crippen molar-refractivity contribution < 1.29 is 18.0 Å². The van der Waals surface area contributed by atoms with Crippen molar-refractivity contribution in [1.82, 2.24) is 10.2 Å². The fourth-order valence-corrected chi connectivity index (χ4v) is 7.02. The van der Waals surface area contributed by atoms with Crippen LogP contribution in [0.4, 0.5) is 5.69 Å². The maximum atomic E-state index is 14.3. The summed E-state index contributed by atoms with van der Waals surface area (Å²) < 4.78 is 29.0. The maximum Gasteiger partial charge on any atom is 0.264 e. The van der Waals surface area contributed by atoms with E-state index in [0.29, 0.717) is 11.4 Å². The van der Waals surface area contributed by atoms with E-state index in [0.717, 1.165) is 53.1 Å². The number of aryl methyl sites for hydroxylation is 2. The number of nitrogens with zero attached hydrogens (tertiary/aromatic N) is 2. The molecule has 1 atom stereocenters. The van der Waals surface area contributed by atoms with Crippen molar-refractivity contribution in [2.75, 3.05) is 10.8 Å². The van der Waals surface area contributed by atoms with Crippen LogP contribution in [0.2, 0.25) is 5.02 Å². The summed E-state index contributed by atoms with van der Waals surface area (Å²) in [5.74, 6) is -0.678. The lowest BCUT2D eigenvalue weighted by atomic mass is 9.95. The van der Waals surface area contributed by atoms with Gasteiger partial charge >= 0.3 is 0 Å². The lowest BCUT2D eigenvalue weighted by Crippen LogP contribution is -2.54. The van der Waals surface area contributed by atoms with Gasteiger partial charge in [-0.05, 0) is 74.1 Å². The molecule has 0 unspecified atom stereocenters. The second-order valence-electron chi connectivity index (χ2n) is 11.0. The third-order valence-electron chi connectivity index (χ3n) is 7.99. The zero-order chi connectivity index (χ0) is 30.3. The lowest BCUT2D eigenvalue weighted by Gasteiger charge is -2.34. The Hall–Kier alpha value is -3.36. The molecule has 1 aliphatic rings. The molecule has 9 heteroatoms. The molecule has 0 spiro atoms. The number of hydrogen-bond acceptors (Lipinski definition) is 4. The molecule has 7 nitrogen and oxygen atoms in total. The molecule has 0 heterocycles. The van der Waals surface area contributed by atoms with Gasteiger partial charge in [-0.2, -0.15) is 0 Å². The number of rotatable bonds is 11. The fraction of sp³-hybridized carbons (Fsp3) is 0.394. The third-order valence-corrected chi connectivity index (χ3v) is 10.2. The second kappa shape index (κ2) is 14.2. The fourth-order valence-electron chi connectivity index (χ4n) is 5.42. The zero-order valence-electron chi connectivity index (χ0n) is 24.6. The summed E-state index contributed by atoms with van der Waals surface area (Å²) in [5, 5.41) is 3.57. The molecule has 0 saturated heterocycles. The van der Waals surface area contributed by atoms with Crippen LogP contribution < -0.4 is 9.62 Å². The van der Waals surface area contributed by atoms with Crippen LogP contribution in [-0.2, 0) is 26.2 Å². The first-order valence-electron chi connectivity index (χ1n) is 14.6.